The molecular weight excluding hydrogens is 276 g/mol. The Kier molecular flexibility index (Phi) is 2.79. The molecule has 3 rings (SSSR count). The normalized spacial score (nSPS) is 16.8. The molecule has 2 aromatic carbocycles. The summed E-state index contributed by atoms with van der Waals surface area (Å²) in [5, 5.41) is 48.3. The number of aliphatic hydroxyl groups is 2. The van der Waals surface area contributed by atoms with E-state index in [0.29, 0.717) is 11.1 Å². The molecule has 0 bridgehead atoms. The maximum absolute atomic E-state index is 10.1. The van der Waals surface area contributed by atoms with Crippen molar-refractivity contribution in [2.24, 2.45) is 0 Å². The molecule has 1 heterocycles. The highest BCUT2D eigenvalue weighted by Crippen LogP contribution is 2.46. The van der Waals surface area contributed by atoms with E-state index < -0.39 is 6.10 Å². The van der Waals surface area contributed by atoms with Gasteiger partial charge in [0.05, 0.1) is 11.1 Å². The average molecular weight is 289 g/mol. The fourth-order valence-corrected chi connectivity index (χ4v) is 2.23. The molecular formula is C15H13O6+. The molecule has 6 heteroatoms. The topological polar surface area (TPSA) is 114 Å². The van der Waals surface area contributed by atoms with Crippen molar-refractivity contribution in [3.05, 3.63) is 47.2 Å². The van der Waals surface area contributed by atoms with Crippen LogP contribution in [0.5, 0.6) is 28.7 Å². The van der Waals surface area contributed by atoms with Crippen LogP contribution in [0.15, 0.2) is 36.1 Å². The Hall–Kier alpha value is -3.02. The van der Waals surface area contributed by atoms with Gasteiger partial charge in [-0.1, -0.05) is 0 Å². The van der Waals surface area contributed by atoms with Gasteiger partial charge in [0.2, 0.25) is 0 Å². The maximum Gasteiger partial charge on any atom is 0.309 e. The minimum absolute atomic E-state index is 0.0716. The molecule has 0 fully saturated rings. The molecule has 0 saturated heterocycles. The van der Waals surface area contributed by atoms with Crippen molar-refractivity contribution in [1.82, 2.24) is 0 Å². The number of ether oxygens (including phenoxy) is 1. The lowest BCUT2D eigenvalue weighted by Crippen LogP contribution is -2.12. The van der Waals surface area contributed by atoms with E-state index in [0.717, 1.165) is 0 Å². The molecule has 1 atom stereocenters. The molecule has 6 nitrogen and oxygen atoms in total. The number of hydrogen-bond acceptors (Lipinski definition) is 5. The quantitative estimate of drug-likeness (QED) is 0.408. The minimum atomic E-state index is -0.836. The summed E-state index contributed by atoms with van der Waals surface area (Å²) in [6.07, 6.45) is 0.590. The van der Waals surface area contributed by atoms with Crippen LogP contribution in [0.2, 0.25) is 0 Å². The third-order valence-electron chi connectivity index (χ3n) is 3.32. The van der Waals surface area contributed by atoms with Gasteiger partial charge >= 0.3 is 5.75 Å². The van der Waals surface area contributed by atoms with E-state index in [-0.39, 0.29) is 34.5 Å². The van der Waals surface area contributed by atoms with Crippen molar-refractivity contribution in [1.29, 1.82) is 0 Å². The van der Waals surface area contributed by atoms with E-state index in [1.807, 2.05) is 0 Å². The van der Waals surface area contributed by atoms with Crippen molar-refractivity contribution in [2.75, 3.05) is 0 Å². The first-order valence-electron chi connectivity index (χ1n) is 6.15. The summed E-state index contributed by atoms with van der Waals surface area (Å²) in [4.78, 5) is 0. The molecule has 1 aliphatic heterocycles. The van der Waals surface area contributed by atoms with Crippen molar-refractivity contribution in [3.63, 3.8) is 0 Å². The number of hydrogen-bond donors (Lipinski definition) is 5. The summed E-state index contributed by atoms with van der Waals surface area (Å²) >= 11 is 0. The first kappa shape index (κ1) is 13.0. The van der Waals surface area contributed by atoms with Crippen LogP contribution in [0.4, 0.5) is 0 Å². The Morgan fingerprint density at radius 1 is 0.810 bits per heavy atom. The van der Waals surface area contributed by atoms with Crippen LogP contribution in [-0.4, -0.2) is 30.3 Å². The molecule has 0 radical (unpaired) electrons. The first-order valence-corrected chi connectivity index (χ1v) is 6.15. The fourth-order valence-electron chi connectivity index (χ4n) is 2.23. The highest BCUT2D eigenvalue weighted by atomic mass is 16.5. The molecule has 108 valence electrons. The highest BCUT2D eigenvalue weighted by Gasteiger charge is 2.32. The Labute approximate surface area is 119 Å². The largest absolute Gasteiger partial charge is 0.569 e. The van der Waals surface area contributed by atoms with Gasteiger partial charge < -0.3 is 30.3 Å². The number of rotatable bonds is 1. The molecule has 0 aliphatic carbocycles. The average Bonchev–Trinajstić information content (AvgIpc) is 2.46. The summed E-state index contributed by atoms with van der Waals surface area (Å²) in [7, 11) is 0. The van der Waals surface area contributed by atoms with E-state index in [1.54, 1.807) is 0 Å². The van der Waals surface area contributed by atoms with Crippen molar-refractivity contribution < 1.29 is 30.3 Å². The van der Waals surface area contributed by atoms with Crippen LogP contribution >= 0.6 is 0 Å². The van der Waals surface area contributed by atoms with Gasteiger partial charge in [-0.3, -0.25) is 0 Å². The summed E-state index contributed by atoms with van der Waals surface area (Å²) in [5.41, 5.74) is 0.912. The third-order valence-corrected chi connectivity index (χ3v) is 3.32. The Balaban J connectivity index is 2.07. The summed E-state index contributed by atoms with van der Waals surface area (Å²) < 4.78 is 4.21. The lowest BCUT2D eigenvalue weighted by molar-refractivity contribution is -0.0226. The summed E-state index contributed by atoms with van der Waals surface area (Å²) in [6.45, 7) is 0. The molecule has 0 saturated carbocycles. The standard InChI is InChI=1S/C15H12O6/c16-9-3-1-7(5-11(9)18)14-12(19)6-8-2-4-10(17)13(20)15(8)21-14/h1-6,14,16-20H/p+1. The number of benzene rings is 2. The van der Waals surface area contributed by atoms with Crippen molar-refractivity contribution >= 4 is 6.08 Å². The van der Waals surface area contributed by atoms with Gasteiger partial charge in [-0.25, -0.2) is 0 Å². The monoisotopic (exact) mass is 289 g/mol. The Morgan fingerprint density at radius 2 is 1.52 bits per heavy atom. The van der Waals surface area contributed by atoms with E-state index in [4.69, 9.17) is 0 Å². The number of aromatic hydroxyl groups is 5. The van der Waals surface area contributed by atoms with Gasteiger partial charge in [-0.05, 0) is 30.3 Å². The van der Waals surface area contributed by atoms with Gasteiger partial charge in [0.1, 0.15) is 0 Å². The number of phenolic OH excluding ortho intramolecular Hbond substituents is 4. The minimum Gasteiger partial charge on any atom is -0.569 e. The molecule has 1 aliphatic rings. The molecule has 0 spiro atoms. The van der Waals surface area contributed by atoms with Crippen molar-refractivity contribution in [2.45, 2.75) is 6.10 Å². The summed E-state index contributed by atoms with van der Waals surface area (Å²) in [6, 6.07) is 6.89. The zero-order valence-corrected chi connectivity index (χ0v) is 10.7. The number of aliphatic hydroxyl groups excluding tert-OH is 1. The van der Waals surface area contributed by atoms with Gasteiger partial charge in [0.15, 0.2) is 23.0 Å². The molecule has 0 aromatic heterocycles. The SMILES string of the molecule is OC1=Cc2ccc(O)c(O)c2[OH+]C1c1ccc(O)c(O)c1. The van der Waals surface area contributed by atoms with Gasteiger partial charge in [-0.2, -0.15) is 0 Å². The van der Waals surface area contributed by atoms with Crippen LogP contribution in [0.3, 0.4) is 0 Å². The molecule has 2 aromatic rings. The van der Waals surface area contributed by atoms with Crippen LogP contribution in [0.25, 0.3) is 6.08 Å². The third kappa shape index (κ3) is 2.06. The van der Waals surface area contributed by atoms with E-state index in [2.05, 4.69) is 4.74 Å². The number of phenols is 4. The van der Waals surface area contributed by atoms with E-state index in [9.17, 15) is 25.5 Å². The van der Waals surface area contributed by atoms with E-state index >= 15 is 0 Å². The smallest absolute Gasteiger partial charge is 0.309 e. The lowest BCUT2D eigenvalue weighted by atomic mass is 10.0. The highest BCUT2D eigenvalue weighted by molar-refractivity contribution is 5.68. The second kappa shape index (κ2) is 4.52. The van der Waals surface area contributed by atoms with Crippen LogP contribution < -0.4 is 0 Å². The zero-order chi connectivity index (χ0) is 15.1. The van der Waals surface area contributed by atoms with Gasteiger partial charge in [0.25, 0.3) is 11.9 Å². The molecule has 6 N–H and O–H groups in total. The number of fused-ring (bicyclic) bond motifs is 1. The van der Waals surface area contributed by atoms with Gasteiger partial charge in [0, 0.05) is 6.08 Å². The van der Waals surface area contributed by atoms with Gasteiger partial charge in [-0.15, -0.1) is 0 Å². The zero-order valence-electron chi connectivity index (χ0n) is 10.7. The Bertz CT molecular complexity index is 750. The lowest BCUT2D eigenvalue weighted by Gasteiger charge is -2.22. The second-order valence-electron chi connectivity index (χ2n) is 4.72. The van der Waals surface area contributed by atoms with E-state index in [1.165, 1.54) is 36.4 Å². The maximum atomic E-state index is 10.1. The molecule has 1 unspecified atom stereocenters. The van der Waals surface area contributed by atoms with Crippen LogP contribution in [-0.2, 0) is 0 Å². The first-order chi connectivity index (χ1) is 9.97. The molecule has 21 heavy (non-hydrogen) atoms. The Morgan fingerprint density at radius 3 is 2.24 bits per heavy atom. The predicted molar refractivity (Wildman–Crippen MR) is 74.6 cm³/mol. The van der Waals surface area contributed by atoms with Crippen molar-refractivity contribution in [3.8, 4) is 28.7 Å². The van der Waals surface area contributed by atoms with Crippen LogP contribution in [0, 0.1) is 0 Å². The van der Waals surface area contributed by atoms with Crippen LogP contribution in [0.1, 0.15) is 17.2 Å². The molecule has 0 amide bonds. The second-order valence-corrected chi connectivity index (χ2v) is 4.72. The summed E-state index contributed by atoms with van der Waals surface area (Å²) in [5.74, 6) is -1.20. The predicted octanol–water partition coefficient (Wildman–Crippen LogP) is 2.40. The fraction of sp³-hybridized carbons (Fsp3) is 0.0667.